The Morgan fingerprint density at radius 1 is 1.62 bits per heavy atom. The lowest BCUT2D eigenvalue weighted by Gasteiger charge is -2.18. The second-order valence-corrected chi connectivity index (χ2v) is 3.72. The van der Waals surface area contributed by atoms with Gasteiger partial charge in [0, 0.05) is 6.20 Å². The van der Waals surface area contributed by atoms with Crippen LogP contribution in [0.3, 0.4) is 0 Å². The summed E-state index contributed by atoms with van der Waals surface area (Å²) in [6, 6.07) is -0.0941. The van der Waals surface area contributed by atoms with E-state index in [1.54, 1.807) is 13.4 Å². The highest BCUT2D eigenvalue weighted by Gasteiger charge is 2.18. The molecule has 86 valence electrons. The Kier molecular flexibility index (Phi) is 3.05. The molecule has 0 spiro atoms. The Balaban J connectivity index is 2.29. The van der Waals surface area contributed by atoms with Crippen molar-refractivity contribution in [2.75, 3.05) is 13.7 Å². The van der Waals surface area contributed by atoms with Gasteiger partial charge in [-0.25, -0.2) is 9.98 Å². The SMILES string of the molecule is COC1=NC(CO)CC=C1n1cnc(C)c1. The molecule has 0 amide bonds. The summed E-state index contributed by atoms with van der Waals surface area (Å²) in [5, 5.41) is 9.05. The summed E-state index contributed by atoms with van der Waals surface area (Å²) in [6.45, 7) is 1.97. The minimum Gasteiger partial charge on any atom is -0.480 e. The number of aliphatic imine (C=N–C) groups is 1. The van der Waals surface area contributed by atoms with E-state index in [9.17, 15) is 0 Å². The predicted octanol–water partition coefficient (Wildman–Crippen LogP) is 0.842. The van der Waals surface area contributed by atoms with Crippen molar-refractivity contribution in [2.45, 2.75) is 19.4 Å². The van der Waals surface area contributed by atoms with E-state index in [0.29, 0.717) is 5.90 Å². The van der Waals surface area contributed by atoms with Gasteiger partial charge >= 0.3 is 0 Å². The smallest absolute Gasteiger partial charge is 0.233 e. The van der Waals surface area contributed by atoms with E-state index in [2.05, 4.69) is 9.98 Å². The van der Waals surface area contributed by atoms with Crippen LogP contribution in [0.15, 0.2) is 23.6 Å². The second-order valence-electron chi connectivity index (χ2n) is 3.72. The molecule has 1 aromatic heterocycles. The van der Waals surface area contributed by atoms with Crippen LogP contribution >= 0.6 is 0 Å². The number of imidazole rings is 1. The number of hydrogen-bond donors (Lipinski definition) is 1. The van der Waals surface area contributed by atoms with Gasteiger partial charge in [-0.2, -0.15) is 0 Å². The van der Waals surface area contributed by atoms with Crippen LogP contribution < -0.4 is 0 Å². The first-order chi connectivity index (χ1) is 7.74. The van der Waals surface area contributed by atoms with Gasteiger partial charge in [-0.1, -0.05) is 6.08 Å². The van der Waals surface area contributed by atoms with E-state index in [4.69, 9.17) is 9.84 Å². The number of rotatable bonds is 2. The average molecular weight is 221 g/mol. The lowest BCUT2D eigenvalue weighted by molar-refractivity contribution is 0.263. The Labute approximate surface area is 94.1 Å². The summed E-state index contributed by atoms with van der Waals surface area (Å²) in [6.07, 6.45) is 6.37. The van der Waals surface area contributed by atoms with Gasteiger partial charge in [0.1, 0.15) is 5.70 Å². The summed E-state index contributed by atoms with van der Waals surface area (Å²) in [7, 11) is 1.58. The summed E-state index contributed by atoms with van der Waals surface area (Å²) in [4.78, 5) is 8.48. The number of aliphatic hydroxyl groups is 1. The fraction of sp³-hybridized carbons (Fsp3) is 0.455. The lowest BCUT2D eigenvalue weighted by Crippen LogP contribution is -2.21. The maximum atomic E-state index is 9.05. The van der Waals surface area contributed by atoms with E-state index in [1.165, 1.54) is 0 Å². The lowest BCUT2D eigenvalue weighted by atomic mass is 10.1. The number of dihydropyridines is 1. The molecule has 16 heavy (non-hydrogen) atoms. The summed E-state index contributed by atoms with van der Waals surface area (Å²) in [5.41, 5.74) is 1.83. The van der Waals surface area contributed by atoms with Crippen LogP contribution in [0.5, 0.6) is 0 Å². The maximum Gasteiger partial charge on any atom is 0.233 e. The summed E-state index contributed by atoms with van der Waals surface area (Å²) >= 11 is 0. The summed E-state index contributed by atoms with van der Waals surface area (Å²) < 4.78 is 7.10. The number of ether oxygens (including phenoxy) is 1. The third-order valence-corrected chi connectivity index (χ3v) is 2.50. The standard InChI is InChI=1S/C11H15N3O2/c1-8-5-14(7-12-8)10-4-3-9(6-15)13-11(10)16-2/h4-5,7,9,15H,3,6H2,1-2H3. The number of hydrogen-bond acceptors (Lipinski definition) is 4. The third-order valence-electron chi connectivity index (χ3n) is 2.50. The van der Waals surface area contributed by atoms with E-state index < -0.39 is 0 Å². The number of methoxy groups -OCH3 is 1. The van der Waals surface area contributed by atoms with Gasteiger partial charge in [0.2, 0.25) is 5.90 Å². The zero-order chi connectivity index (χ0) is 11.5. The van der Waals surface area contributed by atoms with Crippen LogP contribution in [0.2, 0.25) is 0 Å². The van der Waals surface area contributed by atoms with Crippen LogP contribution in [-0.2, 0) is 4.74 Å². The van der Waals surface area contributed by atoms with Crippen LogP contribution in [-0.4, -0.2) is 40.3 Å². The van der Waals surface area contributed by atoms with Gasteiger partial charge in [0.25, 0.3) is 0 Å². The van der Waals surface area contributed by atoms with Gasteiger partial charge in [-0.3, -0.25) is 0 Å². The number of aryl methyl sites for hydroxylation is 1. The van der Waals surface area contributed by atoms with Crippen molar-refractivity contribution < 1.29 is 9.84 Å². The van der Waals surface area contributed by atoms with Crippen molar-refractivity contribution in [3.63, 3.8) is 0 Å². The molecule has 1 atom stereocenters. The zero-order valence-electron chi connectivity index (χ0n) is 9.42. The average Bonchev–Trinajstić information content (AvgIpc) is 2.74. The van der Waals surface area contributed by atoms with Crippen molar-refractivity contribution in [3.8, 4) is 0 Å². The Morgan fingerprint density at radius 2 is 2.44 bits per heavy atom. The van der Waals surface area contributed by atoms with Crippen LogP contribution in [0.25, 0.3) is 5.70 Å². The van der Waals surface area contributed by atoms with Gasteiger partial charge < -0.3 is 14.4 Å². The van der Waals surface area contributed by atoms with Crippen LogP contribution in [0.1, 0.15) is 12.1 Å². The van der Waals surface area contributed by atoms with Crippen molar-refractivity contribution in [1.29, 1.82) is 0 Å². The van der Waals surface area contributed by atoms with Gasteiger partial charge in [0.15, 0.2) is 0 Å². The zero-order valence-corrected chi connectivity index (χ0v) is 9.42. The molecule has 0 saturated carbocycles. The highest BCUT2D eigenvalue weighted by atomic mass is 16.5. The van der Waals surface area contributed by atoms with E-state index >= 15 is 0 Å². The molecule has 1 aliphatic rings. The first kappa shape index (κ1) is 10.9. The van der Waals surface area contributed by atoms with Crippen molar-refractivity contribution >= 4 is 11.6 Å². The maximum absolute atomic E-state index is 9.05. The van der Waals surface area contributed by atoms with E-state index in [-0.39, 0.29) is 12.6 Å². The van der Waals surface area contributed by atoms with E-state index in [1.807, 2.05) is 23.8 Å². The molecule has 1 aliphatic heterocycles. The topological polar surface area (TPSA) is 59.6 Å². The molecule has 0 saturated heterocycles. The number of nitrogens with zero attached hydrogens (tertiary/aromatic N) is 3. The fourth-order valence-corrected chi connectivity index (χ4v) is 1.66. The van der Waals surface area contributed by atoms with Crippen LogP contribution in [0, 0.1) is 6.92 Å². The fourth-order valence-electron chi connectivity index (χ4n) is 1.66. The normalized spacial score (nSPS) is 20.3. The van der Waals surface area contributed by atoms with Gasteiger partial charge in [-0.15, -0.1) is 0 Å². The van der Waals surface area contributed by atoms with Gasteiger partial charge in [0.05, 0.1) is 31.8 Å². The molecule has 0 bridgehead atoms. The number of aromatic nitrogens is 2. The Bertz CT molecular complexity index is 434. The Morgan fingerprint density at radius 3 is 3.00 bits per heavy atom. The highest BCUT2D eigenvalue weighted by Crippen LogP contribution is 2.18. The molecule has 0 aliphatic carbocycles. The van der Waals surface area contributed by atoms with E-state index in [0.717, 1.165) is 17.8 Å². The quantitative estimate of drug-likeness (QED) is 0.805. The van der Waals surface area contributed by atoms with Crippen LogP contribution in [0.4, 0.5) is 0 Å². The molecular formula is C11H15N3O2. The predicted molar refractivity (Wildman–Crippen MR) is 61.2 cm³/mol. The minimum atomic E-state index is -0.0941. The van der Waals surface area contributed by atoms with Crippen molar-refractivity contribution in [3.05, 3.63) is 24.3 Å². The molecule has 2 rings (SSSR count). The molecule has 1 unspecified atom stereocenters. The first-order valence-electron chi connectivity index (χ1n) is 5.18. The van der Waals surface area contributed by atoms with Gasteiger partial charge in [-0.05, 0) is 13.3 Å². The third kappa shape index (κ3) is 1.99. The summed E-state index contributed by atoms with van der Waals surface area (Å²) in [5.74, 6) is 0.544. The molecule has 5 nitrogen and oxygen atoms in total. The molecule has 5 heteroatoms. The van der Waals surface area contributed by atoms with Crippen molar-refractivity contribution in [1.82, 2.24) is 9.55 Å². The Hall–Kier alpha value is -1.62. The molecule has 1 aromatic rings. The minimum absolute atomic E-state index is 0.0413. The molecule has 0 radical (unpaired) electrons. The molecule has 0 fully saturated rings. The largest absolute Gasteiger partial charge is 0.480 e. The first-order valence-corrected chi connectivity index (χ1v) is 5.18. The second kappa shape index (κ2) is 4.49. The van der Waals surface area contributed by atoms with Crippen molar-refractivity contribution in [2.24, 2.45) is 4.99 Å². The molecular weight excluding hydrogens is 206 g/mol. The monoisotopic (exact) mass is 221 g/mol. The number of aliphatic hydroxyl groups excluding tert-OH is 1. The molecule has 1 N–H and O–H groups in total. The highest BCUT2D eigenvalue weighted by molar-refractivity contribution is 6.14. The molecule has 0 aromatic carbocycles. The molecule has 2 heterocycles.